The molecular weight excluding hydrogens is 336 g/mol. The van der Waals surface area contributed by atoms with E-state index in [0.29, 0.717) is 22.8 Å². The molecule has 8 nitrogen and oxygen atoms in total. The molecule has 0 saturated heterocycles. The van der Waals surface area contributed by atoms with Crippen molar-refractivity contribution in [2.24, 2.45) is 5.10 Å². The number of nitro benzene ring substituents is 1. The van der Waals surface area contributed by atoms with Crippen molar-refractivity contribution in [1.29, 1.82) is 0 Å². The van der Waals surface area contributed by atoms with Gasteiger partial charge in [0.05, 0.1) is 11.1 Å². The molecule has 0 aliphatic rings. The largest absolute Gasteiger partial charge is 0.455 e. The fraction of sp³-hybridized carbons (Fsp3) is 0. The van der Waals surface area contributed by atoms with Crippen LogP contribution in [0.2, 0.25) is 0 Å². The number of anilines is 1. The molecule has 3 aromatic rings. The number of hydrogen-bond donors (Lipinski definition) is 2. The van der Waals surface area contributed by atoms with E-state index in [1.54, 1.807) is 48.5 Å². The van der Waals surface area contributed by atoms with Crippen molar-refractivity contribution in [2.45, 2.75) is 0 Å². The number of carbonyl (C=O) groups is 1. The van der Waals surface area contributed by atoms with Crippen molar-refractivity contribution in [3.8, 4) is 11.3 Å². The number of furan rings is 1. The van der Waals surface area contributed by atoms with Crippen LogP contribution < -0.4 is 10.7 Å². The maximum absolute atomic E-state index is 11.7. The quantitative estimate of drug-likeness (QED) is 0.411. The number of nitrogens with zero attached hydrogens (tertiary/aromatic N) is 2. The monoisotopic (exact) mass is 350 g/mol. The minimum absolute atomic E-state index is 0.00993. The zero-order chi connectivity index (χ0) is 18.4. The predicted octanol–water partition coefficient (Wildman–Crippen LogP) is 4.01. The Morgan fingerprint density at radius 1 is 1.04 bits per heavy atom. The third-order valence-corrected chi connectivity index (χ3v) is 3.38. The summed E-state index contributed by atoms with van der Waals surface area (Å²) in [5.74, 6) is 0.966. The number of non-ortho nitro benzene ring substituents is 1. The smallest absolute Gasteiger partial charge is 0.339 e. The summed E-state index contributed by atoms with van der Waals surface area (Å²) in [5.41, 5.74) is 3.69. The van der Waals surface area contributed by atoms with Crippen LogP contribution in [0.4, 0.5) is 16.2 Å². The highest BCUT2D eigenvalue weighted by molar-refractivity contribution is 5.90. The molecule has 2 amide bonds. The van der Waals surface area contributed by atoms with Gasteiger partial charge in [0.15, 0.2) is 0 Å². The van der Waals surface area contributed by atoms with E-state index in [-0.39, 0.29) is 5.69 Å². The van der Waals surface area contributed by atoms with Crippen molar-refractivity contribution >= 4 is 23.6 Å². The second-order valence-electron chi connectivity index (χ2n) is 5.20. The molecule has 0 bridgehead atoms. The van der Waals surface area contributed by atoms with Gasteiger partial charge in [-0.05, 0) is 36.4 Å². The van der Waals surface area contributed by atoms with Crippen LogP contribution in [-0.4, -0.2) is 17.2 Å². The molecule has 0 atom stereocenters. The highest BCUT2D eigenvalue weighted by Gasteiger charge is 2.08. The van der Waals surface area contributed by atoms with Gasteiger partial charge in [-0.2, -0.15) is 5.10 Å². The summed E-state index contributed by atoms with van der Waals surface area (Å²) < 4.78 is 5.58. The highest BCUT2D eigenvalue weighted by Crippen LogP contribution is 2.23. The second kappa shape index (κ2) is 7.75. The van der Waals surface area contributed by atoms with E-state index in [2.05, 4.69) is 15.8 Å². The molecule has 1 aromatic heterocycles. The number of nitrogens with one attached hydrogen (secondary N) is 2. The van der Waals surface area contributed by atoms with Crippen molar-refractivity contribution in [2.75, 3.05) is 5.32 Å². The Kier molecular flexibility index (Phi) is 5.04. The van der Waals surface area contributed by atoms with E-state index < -0.39 is 11.0 Å². The van der Waals surface area contributed by atoms with E-state index in [1.165, 1.54) is 18.3 Å². The van der Waals surface area contributed by atoms with Crippen LogP contribution in [0.3, 0.4) is 0 Å². The zero-order valence-corrected chi connectivity index (χ0v) is 13.5. The van der Waals surface area contributed by atoms with Gasteiger partial charge in [-0.15, -0.1) is 0 Å². The molecule has 0 unspecified atom stereocenters. The van der Waals surface area contributed by atoms with Crippen molar-refractivity contribution in [3.05, 3.63) is 82.6 Å². The van der Waals surface area contributed by atoms with E-state index in [4.69, 9.17) is 4.42 Å². The summed E-state index contributed by atoms with van der Waals surface area (Å²) in [6, 6.07) is 17.9. The second-order valence-corrected chi connectivity index (χ2v) is 5.20. The minimum Gasteiger partial charge on any atom is -0.455 e. The SMILES string of the molecule is O=C(NN=Cc1ccc(-c2ccc([N+](=O)[O-])cc2)o1)Nc1ccccc1. The van der Waals surface area contributed by atoms with Crippen LogP contribution in [0.15, 0.2) is 76.2 Å². The third-order valence-electron chi connectivity index (χ3n) is 3.38. The van der Waals surface area contributed by atoms with Crippen molar-refractivity contribution in [1.82, 2.24) is 5.43 Å². The van der Waals surface area contributed by atoms with Crippen LogP contribution in [0.1, 0.15) is 5.76 Å². The van der Waals surface area contributed by atoms with Crippen LogP contribution in [0.5, 0.6) is 0 Å². The standard InChI is InChI=1S/C18H14N4O4/c23-18(20-14-4-2-1-3-5-14)21-19-12-16-10-11-17(26-16)13-6-8-15(9-7-13)22(24)25/h1-12H,(H2,20,21,23). The van der Waals surface area contributed by atoms with Crippen LogP contribution in [-0.2, 0) is 0 Å². The molecule has 8 heteroatoms. The molecule has 26 heavy (non-hydrogen) atoms. The Morgan fingerprint density at radius 3 is 2.46 bits per heavy atom. The van der Waals surface area contributed by atoms with Gasteiger partial charge in [0, 0.05) is 23.4 Å². The van der Waals surface area contributed by atoms with Crippen molar-refractivity contribution in [3.63, 3.8) is 0 Å². The molecule has 0 radical (unpaired) electrons. The Bertz CT molecular complexity index is 933. The Balaban J connectivity index is 1.58. The topological polar surface area (TPSA) is 110 Å². The zero-order valence-electron chi connectivity index (χ0n) is 13.5. The van der Waals surface area contributed by atoms with Gasteiger partial charge in [0.2, 0.25) is 0 Å². The summed E-state index contributed by atoms with van der Waals surface area (Å²) >= 11 is 0. The average Bonchev–Trinajstić information content (AvgIpc) is 3.11. The normalized spacial score (nSPS) is 10.6. The number of hydrogen-bond acceptors (Lipinski definition) is 5. The number of urea groups is 1. The maximum Gasteiger partial charge on any atom is 0.339 e. The summed E-state index contributed by atoms with van der Waals surface area (Å²) in [6.45, 7) is 0. The Morgan fingerprint density at radius 2 is 1.77 bits per heavy atom. The first kappa shape index (κ1) is 16.9. The van der Waals surface area contributed by atoms with Gasteiger partial charge in [-0.3, -0.25) is 10.1 Å². The Labute approximate surface area is 148 Å². The van der Waals surface area contributed by atoms with Crippen LogP contribution in [0.25, 0.3) is 11.3 Å². The first-order chi connectivity index (χ1) is 12.6. The molecule has 0 fully saturated rings. The lowest BCUT2D eigenvalue weighted by atomic mass is 10.1. The number of amides is 2. The summed E-state index contributed by atoms with van der Waals surface area (Å²) in [6.07, 6.45) is 1.36. The number of nitro groups is 1. The fourth-order valence-electron chi connectivity index (χ4n) is 2.16. The molecule has 0 aliphatic carbocycles. The number of para-hydroxylation sites is 1. The summed E-state index contributed by atoms with van der Waals surface area (Å²) in [5, 5.41) is 17.1. The molecule has 2 aromatic carbocycles. The summed E-state index contributed by atoms with van der Waals surface area (Å²) in [4.78, 5) is 21.9. The number of carbonyl (C=O) groups excluding carboxylic acids is 1. The van der Waals surface area contributed by atoms with Gasteiger partial charge in [-0.1, -0.05) is 18.2 Å². The number of rotatable bonds is 5. The predicted molar refractivity (Wildman–Crippen MR) is 97.0 cm³/mol. The van der Waals surface area contributed by atoms with E-state index >= 15 is 0 Å². The fourth-order valence-corrected chi connectivity index (χ4v) is 2.16. The lowest BCUT2D eigenvalue weighted by Gasteiger charge is -2.02. The molecule has 1 heterocycles. The number of benzene rings is 2. The number of hydrazone groups is 1. The summed E-state index contributed by atoms with van der Waals surface area (Å²) in [7, 11) is 0. The van der Waals surface area contributed by atoms with Crippen LogP contribution >= 0.6 is 0 Å². The van der Waals surface area contributed by atoms with Gasteiger partial charge in [0.1, 0.15) is 11.5 Å². The lowest BCUT2D eigenvalue weighted by Crippen LogP contribution is -2.24. The first-order valence-corrected chi connectivity index (χ1v) is 7.61. The van der Waals surface area contributed by atoms with Crippen LogP contribution in [0, 0.1) is 10.1 Å². The van der Waals surface area contributed by atoms with E-state index in [1.807, 2.05) is 6.07 Å². The van der Waals surface area contributed by atoms with E-state index in [9.17, 15) is 14.9 Å². The molecule has 0 aliphatic heterocycles. The first-order valence-electron chi connectivity index (χ1n) is 7.61. The molecular formula is C18H14N4O4. The molecule has 0 spiro atoms. The molecule has 2 N–H and O–H groups in total. The minimum atomic E-state index is -0.477. The highest BCUT2D eigenvalue weighted by atomic mass is 16.6. The van der Waals surface area contributed by atoms with Crippen molar-refractivity contribution < 1.29 is 14.1 Å². The van der Waals surface area contributed by atoms with E-state index in [0.717, 1.165) is 0 Å². The maximum atomic E-state index is 11.7. The van der Waals surface area contributed by atoms with Gasteiger partial charge >= 0.3 is 6.03 Å². The lowest BCUT2D eigenvalue weighted by molar-refractivity contribution is -0.384. The van der Waals surface area contributed by atoms with Gasteiger partial charge in [0.25, 0.3) is 5.69 Å². The van der Waals surface area contributed by atoms with Gasteiger partial charge in [-0.25, -0.2) is 10.2 Å². The Hall–Kier alpha value is -3.94. The molecule has 3 rings (SSSR count). The molecule has 130 valence electrons. The molecule has 0 saturated carbocycles. The average molecular weight is 350 g/mol. The third kappa shape index (κ3) is 4.32. The van der Waals surface area contributed by atoms with Gasteiger partial charge < -0.3 is 9.73 Å².